The highest BCUT2D eigenvalue weighted by Crippen LogP contribution is 2.41. The molecule has 228 valence electrons. The van der Waals surface area contributed by atoms with Crippen LogP contribution in [0.4, 0.5) is 0 Å². The molecule has 0 N–H and O–H groups in total. The van der Waals surface area contributed by atoms with Gasteiger partial charge in [0.1, 0.15) is 11.2 Å². The molecule has 10 rings (SSSR count). The van der Waals surface area contributed by atoms with Crippen molar-refractivity contribution in [1.29, 1.82) is 0 Å². The average Bonchev–Trinajstić information content (AvgIpc) is 3.57. The van der Waals surface area contributed by atoms with Crippen molar-refractivity contribution in [2.24, 2.45) is 0 Å². The number of fused-ring (bicyclic) bond motifs is 9. The van der Waals surface area contributed by atoms with E-state index in [1.165, 1.54) is 65.7 Å². The third-order valence-electron chi connectivity index (χ3n) is 10.1. The lowest BCUT2D eigenvalue weighted by Gasteiger charge is -2.12. The van der Waals surface area contributed by atoms with Crippen LogP contribution in [0.5, 0.6) is 0 Å². The van der Waals surface area contributed by atoms with Crippen LogP contribution in [0, 0.1) is 0 Å². The molecule has 0 unspecified atom stereocenters. The van der Waals surface area contributed by atoms with E-state index < -0.39 is 0 Å². The molecule has 0 aliphatic rings. The lowest BCUT2D eigenvalue weighted by Crippen LogP contribution is -1.85. The van der Waals surface area contributed by atoms with Gasteiger partial charge in [-0.3, -0.25) is 0 Å². The second-order valence-corrected chi connectivity index (χ2v) is 12.9. The second kappa shape index (κ2) is 11.1. The Morgan fingerprint density at radius 3 is 1.41 bits per heavy atom. The molecule has 1 aromatic heterocycles. The summed E-state index contributed by atoms with van der Waals surface area (Å²) in [6.07, 6.45) is 0. The smallest absolute Gasteiger partial charge is 0.143 e. The molecule has 49 heavy (non-hydrogen) atoms. The molecule has 10 aromatic rings. The van der Waals surface area contributed by atoms with Crippen molar-refractivity contribution >= 4 is 54.3 Å². The van der Waals surface area contributed by atoms with Crippen LogP contribution in [0.2, 0.25) is 0 Å². The van der Waals surface area contributed by atoms with Gasteiger partial charge in [-0.25, -0.2) is 0 Å². The van der Waals surface area contributed by atoms with Crippen LogP contribution in [0.1, 0.15) is 0 Å². The van der Waals surface area contributed by atoms with Gasteiger partial charge in [-0.15, -0.1) is 0 Å². The van der Waals surface area contributed by atoms with E-state index in [1.807, 2.05) is 0 Å². The molecule has 0 fully saturated rings. The lowest BCUT2D eigenvalue weighted by atomic mass is 9.91. The van der Waals surface area contributed by atoms with E-state index in [9.17, 15) is 0 Å². The van der Waals surface area contributed by atoms with Gasteiger partial charge in [-0.1, -0.05) is 158 Å². The third kappa shape index (κ3) is 4.55. The fraction of sp³-hybridized carbons (Fsp3) is 0. The van der Waals surface area contributed by atoms with Crippen molar-refractivity contribution in [2.45, 2.75) is 0 Å². The Labute approximate surface area is 284 Å². The van der Waals surface area contributed by atoms with E-state index in [0.717, 1.165) is 33.1 Å². The van der Waals surface area contributed by atoms with Crippen molar-refractivity contribution in [3.8, 4) is 44.5 Å². The number of furan rings is 1. The summed E-state index contributed by atoms with van der Waals surface area (Å²) < 4.78 is 6.64. The number of para-hydroxylation sites is 1. The summed E-state index contributed by atoms with van der Waals surface area (Å²) in [7, 11) is 0. The first-order valence-corrected chi connectivity index (χ1v) is 16.8. The van der Waals surface area contributed by atoms with Gasteiger partial charge in [0, 0.05) is 16.3 Å². The lowest BCUT2D eigenvalue weighted by molar-refractivity contribution is 0.670. The van der Waals surface area contributed by atoms with Crippen LogP contribution in [0.25, 0.3) is 98.8 Å². The topological polar surface area (TPSA) is 13.1 Å². The van der Waals surface area contributed by atoms with E-state index in [2.05, 4.69) is 182 Å². The SMILES string of the molecule is c1ccc(-c2ccc(-c3cccc(-c4ccc5oc6c(-c7ccc8c9ccccc9c9ccccc9c8c7)cccc6c5c4)c3)cc2)cc1. The van der Waals surface area contributed by atoms with Gasteiger partial charge >= 0.3 is 0 Å². The molecule has 0 radical (unpaired) electrons. The molecule has 0 bridgehead atoms. The number of rotatable bonds is 4. The quantitative estimate of drug-likeness (QED) is 0.178. The van der Waals surface area contributed by atoms with E-state index in [1.54, 1.807) is 0 Å². The van der Waals surface area contributed by atoms with Gasteiger partial charge in [-0.05, 0) is 95.5 Å². The summed E-state index contributed by atoms with van der Waals surface area (Å²) in [5.74, 6) is 0. The zero-order chi connectivity index (χ0) is 32.3. The summed E-state index contributed by atoms with van der Waals surface area (Å²) in [4.78, 5) is 0. The minimum Gasteiger partial charge on any atom is -0.455 e. The molecule has 1 heteroatoms. The van der Waals surface area contributed by atoms with Crippen LogP contribution in [-0.4, -0.2) is 0 Å². The third-order valence-corrected chi connectivity index (χ3v) is 10.1. The van der Waals surface area contributed by atoms with E-state index in [0.29, 0.717) is 0 Å². The molecular weight excluding hydrogens is 593 g/mol. The minimum absolute atomic E-state index is 0.899. The minimum atomic E-state index is 0.899. The van der Waals surface area contributed by atoms with Gasteiger partial charge in [0.2, 0.25) is 0 Å². The van der Waals surface area contributed by atoms with Gasteiger partial charge in [0.25, 0.3) is 0 Å². The standard InChI is InChI=1S/C48H30O/c1-2-10-31(11-3-1)32-20-22-33(23-21-32)34-12-8-13-35(28-34)36-25-27-47-46(29-36)44-19-9-18-38(48(44)49-47)37-24-26-43-41-16-5-4-14-39(41)40-15-6-7-17-42(40)45(43)30-37/h1-30H. The normalized spacial score (nSPS) is 11.7. The summed E-state index contributed by atoms with van der Waals surface area (Å²) in [5.41, 5.74) is 11.3. The molecule has 0 aliphatic heterocycles. The summed E-state index contributed by atoms with van der Waals surface area (Å²) in [6.45, 7) is 0. The molecule has 0 aliphatic carbocycles. The van der Waals surface area contributed by atoms with E-state index in [4.69, 9.17) is 4.42 Å². The molecule has 9 aromatic carbocycles. The summed E-state index contributed by atoms with van der Waals surface area (Å²) in [6, 6.07) is 65.6. The van der Waals surface area contributed by atoms with Crippen molar-refractivity contribution in [3.63, 3.8) is 0 Å². The highest BCUT2D eigenvalue weighted by molar-refractivity contribution is 6.26. The molecule has 0 atom stereocenters. The van der Waals surface area contributed by atoms with E-state index >= 15 is 0 Å². The molecule has 0 saturated carbocycles. The van der Waals surface area contributed by atoms with Crippen molar-refractivity contribution in [3.05, 3.63) is 182 Å². The predicted octanol–water partition coefficient (Wildman–Crippen LogP) is 13.7. The van der Waals surface area contributed by atoms with Gasteiger partial charge in [-0.2, -0.15) is 0 Å². The first-order valence-electron chi connectivity index (χ1n) is 16.8. The van der Waals surface area contributed by atoms with Crippen LogP contribution in [-0.2, 0) is 0 Å². The maximum Gasteiger partial charge on any atom is 0.143 e. The van der Waals surface area contributed by atoms with Crippen LogP contribution in [0.3, 0.4) is 0 Å². The van der Waals surface area contributed by atoms with Crippen LogP contribution in [0.15, 0.2) is 186 Å². The van der Waals surface area contributed by atoms with Crippen molar-refractivity contribution in [1.82, 2.24) is 0 Å². The fourth-order valence-corrected chi connectivity index (χ4v) is 7.64. The first-order chi connectivity index (χ1) is 24.3. The Kier molecular flexibility index (Phi) is 6.25. The predicted molar refractivity (Wildman–Crippen MR) is 208 cm³/mol. The molecule has 0 amide bonds. The Morgan fingerprint density at radius 1 is 0.245 bits per heavy atom. The first kappa shape index (κ1) is 27.7. The number of hydrogen-bond acceptors (Lipinski definition) is 1. The van der Waals surface area contributed by atoms with Gasteiger partial charge in [0.15, 0.2) is 0 Å². The Morgan fingerprint density at radius 2 is 0.694 bits per heavy atom. The van der Waals surface area contributed by atoms with Crippen molar-refractivity contribution in [2.75, 3.05) is 0 Å². The highest BCUT2D eigenvalue weighted by atomic mass is 16.3. The van der Waals surface area contributed by atoms with Gasteiger partial charge in [0.05, 0.1) is 0 Å². The number of hydrogen-bond donors (Lipinski definition) is 0. The summed E-state index contributed by atoms with van der Waals surface area (Å²) in [5, 5.41) is 9.92. The fourth-order valence-electron chi connectivity index (χ4n) is 7.64. The Hall–Kier alpha value is -6.44. The summed E-state index contributed by atoms with van der Waals surface area (Å²) >= 11 is 0. The Bertz CT molecular complexity index is 2820. The maximum absolute atomic E-state index is 6.64. The largest absolute Gasteiger partial charge is 0.455 e. The zero-order valence-corrected chi connectivity index (χ0v) is 26.7. The number of benzene rings is 9. The zero-order valence-electron chi connectivity index (χ0n) is 26.7. The monoisotopic (exact) mass is 622 g/mol. The molecule has 1 nitrogen and oxygen atoms in total. The Balaban J connectivity index is 1.06. The highest BCUT2D eigenvalue weighted by Gasteiger charge is 2.15. The molecule has 0 spiro atoms. The van der Waals surface area contributed by atoms with Crippen LogP contribution >= 0.6 is 0 Å². The molecule has 0 saturated heterocycles. The molecular formula is C48H30O. The average molecular weight is 623 g/mol. The van der Waals surface area contributed by atoms with Gasteiger partial charge < -0.3 is 4.42 Å². The molecule has 1 heterocycles. The van der Waals surface area contributed by atoms with Crippen LogP contribution < -0.4 is 0 Å². The second-order valence-electron chi connectivity index (χ2n) is 12.9. The maximum atomic E-state index is 6.64. The van der Waals surface area contributed by atoms with Crippen molar-refractivity contribution < 1.29 is 4.42 Å². The van der Waals surface area contributed by atoms with E-state index in [-0.39, 0.29) is 0 Å².